The summed E-state index contributed by atoms with van der Waals surface area (Å²) in [5, 5.41) is 17.8. The van der Waals surface area contributed by atoms with Crippen LogP contribution in [0.1, 0.15) is 25.5 Å². The molecule has 0 aliphatic carbocycles. The van der Waals surface area contributed by atoms with Crippen molar-refractivity contribution in [1.29, 1.82) is 0 Å². The molecule has 0 aliphatic heterocycles. The number of aryl methyl sites for hydroxylation is 1. The van der Waals surface area contributed by atoms with Gasteiger partial charge in [-0.2, -0.15) is 4.80 Å². The molecule has 2 heterocycles. The molecule has 0 unspecified atom stereocenters. The molecule has 0 fully saturated rings. The highest BCUT2D eigenvalue weighted by Crippen LogP contribution is 2.24. The number of rotatable bonds is 7. The average Bonchev–Trinajstić information content (AvgIpc) is 3.35. The Bertz CT molecular complexity index is 1010. The second kappa shape index (κ2) is 9.94. The van der Waals surface area contributed by atoms with Gasteiger partial charge in [0.25, 0.3) is 5.95 Å². The number of benzene rings is 1. The fourth-order valence-electron chi connectivity index (χ4n) is 2.34. The smallest absolute Gasteiger partial charge is 0.269 e. The standard InChI is InChI=1S/C19H19ClN6O2S/c1-2-3-12-26-24-18(23-25-26)22-19(29)21-17(27)11-9-15-8-10-16(28-15)13-4-6-14(20)7-5-13/h4-11H,2-3,12H2,1H3,(H2,21,22,24,27,29)/b11-9+. The van der Waals surface area contributed by atoms with E-state index in [1.807, 2.05) is 18.2 Å². The number of halogens is 1. The zero-order chi connectivity index (χ0) is 20.6. The molecule has 0 aliphatic rings. The SMILES string of the molecule is CCCCn1nnc(NC(=S)NC(=O)/C=C/c2ccc(-c3ccc(Cl)cc3)o2)n1. The lowest BCUT2D eigenvalue weighted by atomic mass is 10.2. The third-order valence-electron chi connectivity index (χ3n) is 3.78. The van der Waals surface area contributed by atoms with E-state index in [4.69, 9.17) is 28.2 Å². The number of amides is 1. The summed E-state index contributed by atoms with van der Waals surface area (Å²) in [6, 6.07) is 10.9. The van der Waals surface area contributed by atoms with E-state index in [0.717, 1.165) is 18.4 Å². The van der Waals surface area contributed by atoms with Gasteiger partial charge in [0.2, 0.25) is 5.91 Å². The van der Waals surface area contributed by atoms with E-state index in [0.29, 0.717) is 23.1 Å². The van der Waals surface area contributed by atoms with Crippen LogP contribution in [0.3, 0.4) is 0 Å². The number of carbonyl (C=O) groups is 1. The molecule has 0 saturated carbocycles. The quantitative estimate of drug-likeness (QED) is 0.433. The third kappa shape index (κ3) is 6.23. The third-order valence-corrected chi connectivity index (χ3v) is 4.24. The largest absolute Gasteiger partial charge is 0.457 e. The van der Waals surface area contributed by atoms with Crippen LogP contribution in [0.2, 0.25) is 5.02 Å². The zero-order valence-electron chi connectivity index (χ0n) is 15.6. The van der Waals surface area contributed by atoms with Gasteiger partial charge >= 0.3 is 0 Å². The van der Waals surface area contributed by atoms with Gasteiger partial charge < -0.3 is 4.42 Å². The van der Waals surface area contributed by atoms with E-state index in [1.165, 1.54) is 10.9 Å². The predicted octanol–water partition coefficient (Wildman–Crippen LogP) is 3.91. The van der Waals surface area contributed by atoms with Crippen molar-refractivity contribution in [3.8, 4) is 11.3 Å². The Balaban J connectivity index is 1.51. The number of thiocarbonyl (C=S) groups is 1. The summed E-state index contributed by atoms with van der Waals surface area (Å²) in [5.41, 5.74) is 0.892. The van der Waals surface area contributed by atoms with E-state index in [2.05, 4.69) is 33.0 Å². The Kier molecular flexibility index (Phi) is 7.09. The Morgan fingerprint density at radius 3 is 2.83 bits per heavy atom. The summed E-state index contributed by atoms with van der Waals surface area (Å²) in [6.07, 6.45) is 4.86. The second-order valence-corrected chi connectivity index (χ2v) is 6.89. The number of hydrogen-bond acceptors (Lipinski definition) is 6. The van der Waals surface area contributed by atoms with Crippen LogP contribution >= 0.6 is 23.8 Å². The van der Waals surface area contributed by atoms with Gasteiger partial charge in [0.05, 0.1) is 6.54 Å². The molecule has 3 rings (SSSR count). The number of anilines is 1. The minimum absolute atomic E-state index is 0.0796. The summed E-state index contributed by atoms with van der Waals surface area (Å²) in [6.45, 7) is 2.75. The number of unbranched alkanes of at least 4 members (excludes halogenated alkanes) is 1. The molecule has 1 aromatic carbocycles. The molecule has 0 saturated heterocycles. The van der Waals surface area contributed by atoms with Crippen molar-refractivity contribution >= 4 is 46.9 Å². The molecular weight excluding hydrogens is 412 g/mol. The molecule has 0 bridgehead atoms. The number of tetrazole rings is 1. The monoisotopic (exact) mass is 430 g/mol. The van der Waals surface area contributed by atoms with E-state index < -0.39 is 5.91 Å². The molecule has 2 aromatic heterocycles. The first-order chi connectivity index (χ1) is 14.0. The van der Waals surface area contributed by atoms with E-state index >= 15 is 0 Å². The maximum atomic E-state index is 12.0. The van der Waals surface area contributed by atoms with Crippen LogP contribution in [-0.4, -0.2) is 31.2 Å². The minimum Gasteiger partial charge on any atom is -0.457 e. The van der Waals surface area contributed by atoms with Gasteiger partial charge in [-0.05, 0) is 66.3 Å². The molecule has 0 spiro atoms. The van der Waals surface area contributed by atoms with Crippen LogP contribution in [-0.2, 0) is 11.3 Å². The fraction of sp³-hybridized carbons (Fsp3) is 0.211. The summed E-state index contributed by atoms with van der Waals surface area (Å²) >= 11 is 11.0. The summed E-state index contributed by atoms with van der Waals surface area (Å²) in [4.78, 5) is 13.5. The van der Waals surface area contributed by atoms with E-state index in [1.54, 1.807) is 24.3 Å². The predicted molar refractivity (Wildman–Crippen MR) is 115 cm³/mol. The molecule has 150 valence electrons. The van der Waals surface area contributed by atoms with Crippen molar-refractivity contribution in [3.05, 3.63) is 53.3 Å². The lowest BCUT2D eigenvalue weighted by molar-refractivity contribution is -0.115. The number of nitrogens with one attached hydrogen (secondary N) is 2. The summed E-state index contributed by atoms with van der Waals surface area (Å²) in [5.74, 6) is 1.03. The first-order valence-electron chi connectivity index (χ1n) is 8.97. The van der Waals surface area contributed by atoms with Crippen LogP contribution in [0.4, 0.5) is 5.95 Å². The number of carbonyl (C=O) groups excluding carboxylic acids is 1. The van der Waals surface area contributed by atoms with Gasteiger partial charge in [0.1, 0.15) is 11.5 Å². The van der Waals surface area contributed by atoms with E-state index in [-0.39, 0.29) is 11.1 Å². The van der Waals surface area contributed by atoms with E-state index in [9.17, 15) is 4.79 Å². The van der Waals surface area contributed by atoms with Crippen molar-refractivity contribution in [3.63, 3.8) is 0 Å². The molecule has 10 heteroatoms. The maximum Gasteiger partial charge on any atom is 0.269 e. The number of hydrogen-bond donors (Lipinski definition) is 2. The molecule has 2 N–H and O–H groups in total. The molecule has 8 nitrogen and oxygen atoms in total. The first kappa shape index (κ1) is 20.7. The van der Waals surface area contributed by atoms with Crippen LogP contribution in [0, 0.1) is 0 Å². The van der Waals surface area contributed by atoms with Gasteiger partial charge in [-0.15, -0.1) is 5.10 Å². The lowest BCUT2D eigenvalue weighted by Gasteiger charge is -2.03. The first-order valence-corrected chi connectivity index (χ1v) is 9.75. The Morgan fingerprint density at radius 1 is 1.28 bits per heavy atom. The second-order valence-electron chi connectivity index (χ2n) is 6.05. The highest BCUT2D eigenvalue weighted by atomic mass is 35.5. The lowest BCUT2D eigenvalue weighted by Crippen LogP contribution is -2.33. The molecule has 3 aromatic rings. The van der Waals surface area contributed by atoms with Gasteiger partial charge in [-0.25, -0.2) is 0 Å². The van der Waals surface area contributed by atoms with Crippen LogP contribution in [0.15, 0.2) is 46.9 Å². The number of nitrogens with zero attached hydrogens (tertiary/aromatic N) is 4. The molecule has 29 heavy (non-hydrogen) atoms. The van der Waals surface area contributed by atoms with Gasteiger partial charge in [0, 0.05) is 16.7 Å². The maximum absolute atomic E-state index is 12.0. The molecular formula is C19H19ClN6O2S. The molecule has 0 radical (unpaired) electrons. The molecule has 1 amide bonds. The number of furan rings is 1. The highest BCUT2D eigenvalue weighted by Gasteiger charge is 2.07. The van der Waals surface area contributed by atoms with Crippen molar-refractivity contribution in [2.45, 2.75) is 26.3 Å². The zero-order valence-corrected chi connectivity index (χ0v) is 17.2. The van der Waals surface area contributed by atoms with Crippen molar-refractivity contribution < 1.29 is 9.21 Å². The molecule has 0 atom stereocenters. The summed E-state index contributed by atoms with van der Waals surface area (Å²) in [7, 11) is 0. The Labute approximate surface area is 177 Å². The normalized spacial score (nSPS) is 11.0. The minimum atomic E-state index is -0.412. The fourth-order valence-corrected chi connectivity index (χ4v) is 2.66. The Hall–Kier alpha value is -3.04. The van der Waals surface area contributed by atoms with Gasteiger partial charge in [-0.3, -0.25) is 15.4 Å². The van der Waals surface area contributed by atoms with Gasteiger partial charge in [-0.1, -0.05) is 30.0 Å². The number of aromatic nitrogens is 4. The van der Waals surface area contributed by atoms with Crippen LogP contribution in [0.5, 0.6) is 0 Å². The van der Waals surface area contributed by atoms with Crippen LogP contribution < -0.4 is 10.6 Å². The van der Waals surface area contributed by atoms with Crippen molar-refractivity contribution in [2.24, 2.45) is 0 Å². The van der Waals surface area contributed by atoms with Crippen molar-refractivity contribution in [1.82, 2.24) is 25.5 Å². The van der Waals surface area contributed by atoms with Gasteiger partial charge in [0.15, 0.2) is 5.11 Å². The van der Waals surface area contributed by atoms with Crippen molar-refractivity contribution in [2.75, 3.05) is 5.32 Å². The average molecular weight is 431 g/mol. The highest BCUT2D eigenvalue weighted by molar-refractivity contribution is 7.80. The summed E-state index contributed by atoms with van der Waals surface area (Å²) < 4.78 is 5.71. The van der Waals surface area contributed by atoms with Crippen LogP contribution in [0.25, 0.3) is 17.4 Å². The Morgan fingerprint density at radius 2 is 2.07 bits per heavy atom. The topological polar surface area (TPSA) is 97.9 Å².